The summed E-state index contributed by atoms with van der Waals surface area (Å²) in [5.74, 6) is -0.269. The Labute approximate surface area is 88.9 Å². The van der Waals surface area contributed by atoms with Crippen molar-refractivity contribution in [2.24, 2.45) is 0 Å². The predicted octanol–water partition coefficient (Wildman–Crippen LogP) is 0.294. The zero-order valence-electron chi connectivity index (χ0n) is 8.53. The molecule has 1 heterocycles. The number of ether oxygens (including phenoxy) is 1. The standard InChI is InChI=1S/C9H14N2O2S/c1-11(2)5-6-4-7(9(12)13-3)10-8(6)14/h5,7H,4H2,1-3H3,(H,10,14). The highest BCUT2D eigenvalue weighted by Gasteiger charge is 2.29. The Bertz CT molecular complexity index is 287. The molecule has 0 aliphatic carbocycles. The third-order valence-electron chi connectivity index (χ3n) is 1.92. The lowest BCUT2D eigenvalue weighted by Crippen LogP contribution is -2.33. The number of hydrogen-bond acceptors (Lipinski definition) is 4. The van der Waals surface area contributed by atoms with Crippen molar-refractivity contribution in [2.75, 3.05) is 21.2 Å². The van der Waals surface area contributed by atoms with Crippen molar-refractivity contribution < 1.29 is 9.53 Å². The van der Waals surface area contributed by atoms with Crippen LogP contribution >= 0.6 is 12.2 Å². The molecule has 1 saturated heterocycles. The predicted molar refractivity (Wildman–Crippen MR) is 57.9 cm³/mol. The molecule has 1 aliphatic heterocycles. The first kappa shape index (κ1) is 11.0. The molecule has 5 heteroatoms. The van der Waals surface area contributed by atoms with Crippen LogP contribution in [0.5, 0.6) is 0 Å². The second-order valence-electron chi connectivity index (χ2n) is 3.37. The molecule has 1 unspecified atom stereocenters. The van der Waals surface area contributed by atoms with E-state index in [1.165, 1.54) is 7.11 Å². The quantitative estimate of drug-likeness (QED) is 0.406. The number of esters is 1. The van der Waals surface area contributed by atoms with Gasteiger partial charge >= 0.3 is 5.97 Å². The van der Waals surface area contributed by atoms with Gasteiger partial charge in [0.2, 0.25) is 0 Å². The van der Waals surface area contributed by atoms with E-state index in [-0.39, 0.29) is 12.0 Å². The van der Waals surface area contributed by atoms with Crippen molar-refractivity contribution in [2.45, 2.75) is 12.5 Å². The lowest BCUT2D eigenvalue weighted by molar-refractivity contribution is -0.142. The van der Waals surface area contributed by atoms with Gasteiger partial charge in [0.05, 0.1) is 7.11 Å². The smallest absolute Gasteiger partial charge is 0.328 e. The Balaban J connectivity index is 2.69. The minimum Gasteiger partial charge on any atom is -0.467 e. The third kappa shape index (κ3) is 2.45. The Kier molecular flexibility index (Phi) is 3.46. The first-order valence-electron chi connectivity index (χ1n) is 4.30. The van der Waals surface area contributed by atoms with Gasteiger partial charge < -0.3 is 15.0 Å². The maximum atomic E-state index is 11.2. The van der Waals surface area contributed by atoms with Crippen LogP contribution in [-0.2, 0) is 9.53 Å². The van der Waals surface area contributed by atoms with Gasteiger partial charge in [0.25, 0.3) is 0 Å². The molecule has 0 aromatic carbocycles. The Morgan fingerprint density at radius 1 is 1.71 bits per heavy atom. The zero-order chi connectivity index (χ0) is 10.7. The molecule has 0 amide bonds. The summed E-state index contributed by atoms with van der Waals surface area (Å²) in [4.78, 5) is 13.7. The molecular formula is C9H14N2O2S. The summed E-state index contributed by atoms with van der Waals surface area (Å²) in [6.07, 6.45) is 2.52. The SMILES string of the molecule is COC(=O)C1CC(=CN(C)C)C(=S)N1. The van der Waals surface area contributed by atoms with Crippen LogP contribution in [0.3, 0.4) is 0 Å². The van der Waals surface area contributed by atoms with Crippen LogP contribution in [0.1, 0.15) is 6.42 Å². The van der Waals surface area contributed by atoms with Crippen molar-refractivity contribution in [3.63, 3.8) is 0 Å². The lowest BCUT2D eigenvalue weighted by Gasteiger charge is -2.06. The second kappa shape index (κ2) is 4.41. The van der Waals surface area contributed by atoms with Crippen LogP contribution in [0.15, 0.2) is 11.8 Å². The van der Waals surface area contributed by atoms with Gasteiger partial charge in [-0.05, 0) is 0 Å². The third-order valence-corrected chi connectivity index (χ3v) is 2.30. The molecule has 0 spiro atoms. The van der Waals surface area contributed by atoms with Crippen molar-refractivity contribution in [3.05, 3.63) is 11.8 Å². The van der Waals surface area contributed by atoms with Crippen molar-refractivity contribution in [3.8, 4) is 0 Å². The fraction of sp³-hybridized carbons (Fsp3) is 0.556. The van der Waals surface area contributed by atoms with Crippen LogP contribution in [-0.4, -0.2) is 43.1 Å². The lowest BCUT2D eigenvalue weighted by atomic mass is 10.2. The molecule has 1 N–H and O–H groups in total. The molecule has 0 radical (unpaired) electrons. The number of nitrogens with one attached hydrogen (secondary N) is 1. The maximum Gasteiger partial charge on any atom is 0.328 e. The normalized spacial score (nSPS) is 23.5. The molecule has 0 saturated carbocycles. The Morgan fingerprint density at radius 3 is 2.86 bits per heavy atom. The first-order chi connectivity index (χ1) is 6.54. The van der Waals surface area contributed by atoms with Gasteiger partial charge in [-0.15, -0.1) is 0 Å². The Morgan fingerprint density at radius 2 is 2.36 bits per heavy atom. The van der Waals surface area contributed by atoms with Gasteiger partial charge in [-0.1, -0.05) is 12.2 Å². The average Bonchev–Trinajstić information content (AvgIpc) is 2.46. The fourth-order valence-corrected chi connectivity index (χ4v) is 1.60. The molecule has 4 nitrogen and oxygen atoms in total. The van der Waals surface area contributed by atoms with E-state index in [1.807, 2.05) is 25.2 Å². The van der Waals surface area contributed by atoms with Crippen LogP contribution in [0.4, 0.5) is 0 Å². The second-order valence-corrected chi connectivity index (χ2v) is 3.78. The minimum absolute atomic E-state index is 0.269. The molecule has 1 rings (SSSR count). The molecule has 0 bridgehead atoms. The molecule has 14 heavy (non-hydrogen) atoms. The van der Waals surface area contributed by atoms with Gasteiger partial charge in [0, 0.05) is 32.3 Å². The summed E-state index contributed by atoms with van der Waals surface area (Å²) >= 11 is 5.09. The van der Waals surface area contributed by atoms with E-state index in [9.17, 15) is 4.79 Å². The number of carbonyl (C=O) groups excluding carboxylic acids is 1. The molecular weight excluding hydrogens is 200 g/mol. The zero-order valence-corrected chi connectivity index (χ0v) is 9.35. The number of nitrogens with zero attached hydrogens (tertiary/aromatic N) is 1. The van der Waals surface area contributed by atoms with Crippen molar-refractivity contribution in [1.29, 1.82) is 0 Å². The van der Waals surface area contributed by atoms with Crippen LogP contribution < -0.4 is 5.32 Å². The minimum atomic E-state index is -0.321. The summed E-state index contributed by atoms with van der Waals surface area (Å²) < 4.78 is 4.63. The van der Waals surface area contributed by atoms with E-state index < -0.39 is 0 Å². The largest absolute Gasteiger partial charge is 0.467 e. The summed E-state index contributed by atoms with van der Waals surface area (Å²) in [5.41, 5.74) is 0.973. The summed E-state index contributed by atoms with van der Waals surface area (Å²) in [7, 11) is 5.21. The number of carbonyl (C=O) groups is 1. The molecule has 1 aliphatic rings. The Hall–Kier alpha value is -1.10. The average molecular weight is 214 g/mol. The monoisotopic (exact) mass is 214 g/mol. The number of methoxy groups -OCH3 is 1. The van der Waals surface area contributed by atoms with Crippen molar-refractivity contribution >= 4 is 23.2 Å². The van der Waals surface area contributed by atoms with E-state index in [2.05, 4.69) is 10.1 Å². The number of thiocarbonyl (C=S) groups is 1. The first-order valence-corrected chi connectivity index (χ1v) is 4.71. The van der Waals surface area contributed by atoms with Gasteiger partial charge in [0.15, 0.2) is 0 Å². The van der Waals surface area contributed by atoms with Gasteiger partial charge in [-0.25, -0.2) is 4.79 Å². The molecule has 0 aromatic heterocycles. The van der Waals surface area contributed by atoms with Gasteiger partial charge in [0.1, 0.15) is 11.0 Å². The van der Waals surface area contributed by atoms with E-state index in [0.29, 0.717) is 11.4 Å². The maximum absolute atomic E-state index is 11.2. The number of rotatable bonds is 2. The highest BCUT2D eigenvalue weighted by Crippen LogP contribution is 2.16. The molecule has 1 fully saturated rings. The summed E-state index contributed by atoms with van der Waals surface area (Å²) in [6.45, 7) is 0. The molecule has 1 atom stereocenters. The van der Waals surface area contributed by atoms with Crippen LogP contribution in [0, 0.1) is 0 Å². The van der Waals surface area contributed by atoms with Crippen molar-refractivity contribution in [1.82, 2.24) is 10.2 Å². The van der Waals surface area contributed by atoms with Gasteiger partial charge in [-0.2, -0.15) is 0 Å². The van der Waals surface area contributed by atoms with E-state index >= 15 is 0 Å². The van der Waals surface area contributed by atoms with E-state index in [4.69, 9.17) is 12.2 Å². The summed E-state index contributed by atoms with van der Waals surface area (Å²) in [5, 5.41) is 2.92. The van der Waals surface area contributed by atoms with Crippen LogP contribution in [0.2, 0.25) is 0 Å². The van der Waals surface area contributed by atoms with Crippen LogP contribution in [0.25, 0.3) is 0 Å². The fourth-order valence-electron chi connectivity index (χ4n) is 1.32. The summed E-state index contributed by atoms with van der Waals surface area (Å²) in [6, 6.07) is -0.321. The molecule has 78 valence electrons. The van der Waals surface area contributed by atoms with Gasteiger partial charge in [-0.3, -0.25) is 0 Å². The topological polar surface area (TPSA) is 41.6 Å². The highest BCUT2D eigenvalue weighted by atomic mass is 32.1. The van der Waals surface area contributed by atoms with E-state index in [0.717, 1.165) is 5.57 Å². The highest BCUT2D eigenvalue weighted by molar-refractivity contribution is 7.80. The number of hydrogen-bond donors (Lipinski definition) is 1. The van der Waals surface area contributed by atoms with E-state index in [1.54, 1.807) is 0 Å². The molecule has 0 aromatic rings.